The molecular weight excluding hydrogens is 404 g/mol. The van der Waals surface area contributed by atoms with Crippen molar-refractivity contribution >= 4 is 45.8 Å². The summed E-state index contributed by atoms with van der Waals surface area (Å²) in [4.78, 5) is 22.6. The average Bonchev–Trinajstić information content (AvgIpc) is 2.56. The number of benzene rings is 2. The molecule has 0 spiro atoms. The van der Waals surface area contributed by atoms with E-state index < -0.39 is 0 Å². The van der Waals surface area contributed by atoms with Gasteiger partial charge in [-0.1, -0.05) is 28.1 Å². The average molecular weight is 421 g/mol. The molecule has 0 aromatic heterocycles. The van der Waals surface area contributed by atoms with Crippen LogP contribution in [0.15, 0.2) is 58.1 Å². The van der Waals surface area contributed by atoms with Crippen molar-refractivity contribution in [2.24, 2.45) is 5.10 Å². The number of rotatable bonds is 7. The van der Waals surface area contributed by atoms with Crippen LogP contribution in [0.1, 0.15) is 18.1 Å². The molecule has 2 rings (SSSR count). The Morgan fingerprint density at radius 2 is 2.00 bits per heavy atom. The number of ether oxygens (including phenoxy) is 1. The van der Waals surface area contributed by atoms with Crippen LogP contribution >= 0.6 is 27.7 Å². The van der Waals surface area contributed by atoms with Crippen LogP contribution in [0.5, 0.6) is 5.75 Å². The number of nitrogens with one attached hydrogen (secondary N) is 1. The number of carbonyl (C=O) groups is 2. The predicted molar refractivity (Wildman–Crippen MR) is 104 cm³/mol. The lowest BCUT2D eigenvalue weighted by molar-refractivity contribution is -0.131. The van der Waals surface area contributed by atoms with Crippen molar-refractivity contribution in [1.29, 1.82) is 0 Å². The molecule has 5 nitrogen and oxygen atoms in total. The molecule has 0 saturated carbocycles. The summed E-state index contributed by atoms with van der Waals surface area (Å²) in [5.74, 6) is 1.03. The molecule has 0 unspecified atom stereocenters. The molecule has 7 heteroatoms. The van der Waals surface area contributed by atoms with E-state index in [9.17, 15) is 9.59 Å². The van der Waals surface area contributed by atoms with Gasteiger partial charge in [-0.15, -0.1) is 11.8 Å². The first-order chi connectivity index (χ1) is 12.0. The van der Waals surface area contributed by atoms with E-state index in [2.05, 4.69) is 26.5 Å². The monoisotopic (exact) mass is 420 g/mol. The summed E-state index contributed by atoms with van der Waals surface area (Å²) in [6.07, 6.45) is 1.54. The molecule has 2 aromatic rings. The molecule has 0 bridgehead atoms. The minimum Gasteiger partial charge on any atom is -0.427 e. The van der Waals surface area contributed by atoms with E-state index in [0.717, 1.165) is 21.4 Å². The van der Waals surface area contributed by atoms with Crippen molar-refractivity contribution in [1.82, 2.24) is 5.43 Å². The largest absolute Gasteiger partial charge is 0.427 e. The Labute approximate surface area is 159 Å². The van der Waals surface area contributed by atoms with Gasteiger partial charge in [0.2, 0.25) is 5.91 Å². The first-order valence-electron chi connectivity index (χ1n) is 7.45. The Morgan fingerprint density at radius 1 is 1.24 bits per heavy atom. The molecule has 0 aliphatic heterocycles. The standard InChI is InChI=1S/C18H17BrN2O3S/c1-13(22)24-17-7-5-14(6-8-17)10-20-21-18(23)12-25-11-15-3-2-4-16(19)9-15/h2-10H,11-12H2,1H3,(H,21,23)/b20-10+. The van der Waals surface area contributed by atoms with E-state index in [1.165, 1.54) is 24.9 Å². The van der Waals surface area contributed by atoms with E-state index in [1.54, 1.807) is 24.3 Å². The lowest BCUT2D eigenvalue weighted by Crippen LogP contribution is -2.19. The quantitative estimate of drug-likeness (QED) is 0.320. The van der Waals surface area contributed by atoms with Crippen LogP contribution in [0, 0.1) is 0 Å². The predicted octanol–water partition coefficient (Wildman–Crippen LogP) is 3.76. The molecule has 2 aromatic carbocycles. The highest BCUT2D eigenvalue weighted by molar-refractivity contribution is 9.10. The summed E-state index contributed by atoms with van der Waals surface area (Å²) in [6, 6.07) is 14.8. The molecule has 0 aliphatic rings. The van der Waals surface area contributed by atoms with Crippen molar-refractivity contribution in [3.63, 3.8) is 0 Å². The Hall–Kier alpha value is -2.12. The summed E-state index contributed by atoms with van der Waals surface area (Å²) in [6.45, 7) is 1.35. The summed E-state index contributed by atoms with van der Waals surface area (Å²) >= 11 is 4.94. The summed E-state index contributed by atoms with van der Waals surface area (Å²) < 4.78 is 5.97. The topological polar surface area (TPSA) is 67.8 Å². The molecule has 0 fully saturated rings. The number of carbonyl (C=O) groups excluding carboxylic acids is 2. The fraction of sp³-hybridized carbons (Fsp3) is 0.167. The lowest BCUT2D eigenvalue weighted by atomic mass is 10.2. The van der Waals surface area contributed by atoms with E-state index in [1.807, 2.05) is 24.3 Å². The van der Waals surface area contributed by atoms with Gasteiger partial charge in [0.15, 0.2) is 0 Å². The van der Waals surface area contributed by atoms with Gasteiger partial charge in [-0.2, -0.15) is 5.10 Å². The van der Waals surface area contributed by atoms with Gasteiger partial charge in [-0.25, -0.2) is 5.43 Å². The lowest BCUT2D eigenvalue weighted by Gasteiger charge is -2.02. The number of hydrogen-bond donors (Lipinski definition) is 1. The molecule has 0 heterocycles. The Morgan fingerprint density at radius 3 is 2.68 bits per heavy atom. The number of halogens is 1. The normalized spacial score (nSPS) is 10.6. The van der Waals surface area contributed by atoms with Gasteiger partial charge in [0.25, 0.3) is 0 Å². The third kappa shape index (κ3) is 7.53. The van der Waals surface area contributed by atoms with E-state index >= 15 is 0 Å². The van der Waals surface area contributed by atoms with Crippen molar-refractivity contribution in [2.75, 3.05) is 5.75 Å². The Bertz CT molecular complexity index is 763. The Balaban J connectivity index is 1.72. The molecule has 0 atom stereocenters. The minimum atomic E-state index is -0.367. The fourth-order valence-corrected chi connectivity index (χ4v) is 3.10. The molecule has 0 aliphatic carbocycles. The van der Waals surface area contributed by atoms with Crippen LogP contribution in [0.2, 0.25) is 0 Å². The van der Waals surface area contributed by atoms with Crippen LogP contribution in [0.25, 0.3) is 0 Å². The second-order valence-corrected chi connectivity index (χ2v) is 6.98. The summed E-state index contributed by atoms with van der Waals surface area (Å²) in [5.41, 5.74) is 4.44. The fourth-order valence-electron chi connectivity index (χ4n) is 1.89. The van der Waals surface area contributed by atoms with Gasteiger partial charge in [0.1, 0.15) is 5.75 Å². The number of hydrazone groups is 1. The highest BCUT2D eigenvalue weighted by atomic mass is 79.9. The highest BCUT2D eigenvalue weighted by Crippen LogP contribution is 2.16. The molecule has 0 saturated heterocycles. The number of thioether (sulfide) groups is 1. The van der Waals surface area contributed by atoms with Crippen LogP contribution < -0.4 is 10.2 Å². The van der Waals surface area contributed by atoms with Gasteiger partial charge in [0, 0.05) is 17.1 Å². The van der Waals surface area contributed by atoms with Crippen molar-refractivity contribution in [2.45, 2.75) is 12.7 Å². The first kappa shape index (κ1) is 19.2. The van der Waals surface area contributed by atoms with Gasteiger partial charge >= 0.3 is 5.97 Å². The third-order valence-electron chi connectivity index (χ3n) is 2.94. The van der Waals surface area contributed by atoms with Gasteiger partial charge in [-0.05, 0) is 47.5 Å². The number of esters is 1. The maximum atomic E-state index is 11.8. The summed E-state index contributed by atoms with van der Waals surface area (Å²) in [5, 5.41) is 3.92. The van der Waals surface area contributed by atoms with Crippen molar-refractivity contribution in [3.05, 3.63) is 64.1 Å². The van der Waals surface area contributed by atoms with Gasteiger partial charge < -0.3 is 4.74 Å². The zero-order valence-corrected chi connectivity index (χ0v) is 16.0. The molecule has 1 amide bonds. The maximum Gasteiger partial charge on any atom is 0.308 e. The number of amides is 1. The number of nitrogens with zero attached hydrogens (tertiary/aromatic N) is 1. The molecular formula is C18H17BrN2O3S. The van der Waals surface area contributed by atoms with Crippen LogP contribution in [0.4, 0.5) is 0 Å². The van der Waals surface area contributed by atoms with Gasteiger partial charge in [-0.3, -0.25) is 9.59 Å². The zero-order valence-electron chi connectivity index (χ0n) is 13.6. The zero-order chi connectivity index (χ0) is 18.1. The maximum absolute atomic E-state index is 11.8. The Kier molecular flexibility index (Phi) is 7.69. The van der Waals surface area contributed by atoms with Crippen LogP contribution in [-0.2, 0) is 15.3 Å². The van der Waals surface area contributed by atoms with Crippen LogP contribution in [0.3, 0.4) is 0 Å². The van der Waals surface area contributed by atoms with Gasteiger partial charge in [0.05, 0.1) is 12.0 Å². The smallest absolute Gasteiger partial charge is 0.308 e. The minimum absolute atomic E-state index is 0.159. The van der Waals surface area contributed by atoms with Crippen molar-refractivity contribution < 1.29 is 14.3 Å². The van der Waals surface area contributed by atoms with Crippen molar-refractivity contribution in [3.8, 4) is 5.75 Å². The van der Waals surface area contributed by atoms with Crippen LogP contribution in [-0.4, -0.2) is 23.8 Å². The molecule has 25 heavy (non-hydrogen) atoms. The molecule has 0 radical (unpaired) electrons. The third-order valence-corrected chi connectivity index (χ3v) is 4.43. The second kappa shape index (κ2) is 10.0. The first-order valence-corrected chi connectivity index (χ1v) is 9.40. The van der Waals surface area contributed by atoms with E-state index in [-0.39, 0.29) is 11.9 Å². The number of hydrogen-bond acceptors (Lipinski definition) is 5. The van der Waals surface area contributed by atoms with E-state index in [0.29, 0.717) is 11.5 Å². The molecule has 130 valence electrons. The SMILES string of the molecule is CC(=O)Oc1ccc(/C=N/NC(=O)CSCc2cccc(Br)c2)cc1. The molecule has 1 N–H and O–H groups in total. The summed E-state index contributed by atoms with van der Waals surface area (Å²) in [7, 11) is 0. The highest BCUT2D eigenvalue weighted by Gasteiger charge is 2.01. The second-order valence-electron chi connectivity index (χ2n) is 5.08. The van der Waals surface area contributed by atoms with E-state index in [4.69, 9.17) is 4.74 Å².